The summed E-state index contributed by atoms with van der Waals surface area (Å²) in [6, 6.07) is 21.4. The van der Waals surface area contributed by atoms with Gasteiger partial charge >= 0.3 is 0 Å². The van der Waals surface area contributed by atoms with Gasteiger partial charge in [-0.1, -0.05) is 54.6 Å². The van der Waals surface area contributed by atoms with Crippen LogP contribution in [-0.2, 0) is 6.61 Å². The van der Waals surface area contributed by atoms with Gasteiger partial charge in [0.1, 0.15) is 6.61 Å². The number of phenolic OH excluding ortho intramolecular Hbond substituents is 1. The molecule has 0 aliphatic carbocycles. The van der Waals surface area contributed by atoms with Crippen molar-refractivity contribution in [2.45, 2.75) is 6.61 Å². The molecule has 0 spiro atoms. The van der Waals surface area contributed by atoms with Gasteiger partial charge in [0.05, 0.1) is 0 Å². The van der Waals surface area contributed by atoms with Gasteiger partial charge in [0.25, 0.3) is 0 Å². The van der Waals surface area contributed by atoms with Gasteiger partial charge in [0.15, 0.2) is 11.5 Å². The Bertz CT molecular complexity index is 690. The Hall–Kier alpha value is -2.48. The van der Waals surface area contributed by atoms with Crippen molar-refractivity contribution in [3.8, 4) is 11.5 Å². The molecule has 0 heterocycles. The Morgan fingerprint density at radius 1 is 0.789 bits per heavy atom. The molecule has 0 fully saturated rings. The van der Waals surface area contributed by atoms with E-state index in [0.717, 1.165) is 16.3 Å². The Morgan fingerprint density at radius 2 is 1.42 bits per heavy atom. The second kappa shape index (κ2) is 5.02. The summed E-state index contributed by atoms with van der Waals surface area (Å²) in [6.45, 7) is 0.451. The van der Waals surface area contributed by atoms with E-state index in [2.05, 4.69) is 0 Å². The first-order valence-electron chi connectivity index (χ1n) is 6.21. The minimum Gasteiger partial charge on any atom is -0.504 e. The molecular weight excluding hydrogens is 236 g/mol. The van der Waals surface area contributed by atoms with Crippen LogP contribution in [0.4, 0.5) is 0 Å². The van der Waals surface area contributed by atoms with Crippen molar-refractivity contribution in [1.82, 2.24) is 0 Å². The Labute approximate surface area is 111 Å². The second-order valence-electron chi connectivity index (χ2n) is 4.44. The van der Waals surface area contributed by atoms with Crippen LogP contribution < -0.4 is 4.74 Å². The van der Waals surface area contributed by atoms with Crippen LogP contribution in [0.25, 0.3) is 10.8 Å². The molecule has 2 nitrogen and oxygen atoms in total. The molecule has 3 aromatic rings. The minimum absolute atomic E-state index is 0.176. The summed E-state index contributed by atoms with van der Waals surface area (Å²) < 4.78 is 5.68. The third kappa shape index (κ3) is 2.52. The smallest absolute Gasteiger partial charge is 0.162 e. The lowest BCUT2D eigenvalue weighted by molar-refractivity contribution is 0.289. The molecule has 0 unspecified atom stereocenters. The number of ether oxygens (including phenoxy) is 1. The number of hydrogen-bond acceptors (Lipinski definition) is 2. The molecule has 94 valence electrons. The van der Waals surface area contributed by atoms with Gasteiger partial charge in [-0.2, -0.15) is 0 Å². The van der Waals surface area contributed by atoms with Crippen LogP contribution in [0, 0.1) is 0 Å². The molecule has 0 bridgehead atoms. The van der Waals surface area contributed by atoms with E-state index >= 15 is 0 Å². The van der Waals surface area contributed by atoms with Crippen molar-refractivity contribution >= 4 is 10.8 Å². The molecule has 0 radical (unpaired) electrons. The Morgan fingerprint density at radius 3 is 2.16 bits per heavy atom. The normalized spacial score (nSPS) is 10.5. The monoisotopic (exact) mass is 250 g/mol. The standard InChI is InChI=1S/C17H14O2/c18-16-10-14-8-4-5-9-15(14)11-17(16)19-12-13-6-2-1-3-7-13/h1-11,18H,12H2. The van der Waals surface area contributed by atoms with Gasteiger partial charge in [0, 0.05) is 0 Å². The van der Waals surface area contributed by atoms with Gasteiger partial charge < -0.3 is 9.84 Å². The first kappa shape index (κ1) is 11.6. The highest BCUT2D eigenvalue weighted by atomic mass is 16.5. The van der Waals surface area contributed by atoms with Gasteiger partial charge in [-0.05, 0) is 28.5 Å². The quantitative estimate of drug-likeness (QED) is 0.757. The summed E-state index contributed by atoms with van der Waals surface area (Å²) in [5.41, 5.74) is 1.08. The lowest BCUT2D eigenvalue weighted by Gasteiger charge is -2.09. The third-order valence-corrected chi connectivity index (χ3v) is 3.06. The SMILES string of the molecule is Oc1cc2ccccc2cc1OCc1ccccc1. The first-order chi connectivity index (χ1) is 9.33. The molecular formula is C17H14O2. The fraction of sp³-hybridized carbons (Fsp3) is 0.0588. The zero-order valence-corrected chi connectivity index (χ0v) is 10.4. The number of hydrogen-bond donors (Lipinski definition) is 1. The predicted octanol–water partition coefficient (Wildman–Crippen LogP) is 4.12. The molecule has 0 atom stereocenters. The van der Waals surface area contributed by atoms with E-state index in [4.69, 9.17) is 4.74 Å². The molecule has 0 saturated heterocycles. The van der Waals surface area contributed by atoms with Crippen LogP contribution in [0.15, 0.2) is 66.7 Å². The number of benzene rings is 3. The van der Waals surface area contributed by atoms with E-state index in [1.165, 1.54) is 0 Å². The largest absolute Gasteiger partial charge is 0.504 e. The summed E-state index contributed by atoms with van der Waals surface area (Å²) in [6.07, 6.45) is 0. The number of rotatable bonds is 3. The van der Waals surface area contributed by atoms with Crippen molar-refractivity contribution in [2.24, 2.45) is 0 Å². The van der Waals surface area contributed by atoms with Crippen LogP contribution in [-0.4, -0.2) is 5.11 Å². The first-order valence-corrected chi connectivity index (χ1v) is 6.21. The minimum atomic E-state index is 0.176. The van der Waals surface area contributed by atoms with E-state index < -0.39 is 0 Å². The molecule has 0 saturated carbocycles. The molecule has 0 amide bonds. The molecule has 3 rings (SSSR count). The summed E-state index contributed by atoms with van der Waals surface area (Å²) in [4.78, 5) is 0. The average Bonchev–Trinajstić information content (AvgIpc) is 2.46. The maximum Gasteiger partial charge on any atom is 0.162 e. The summed E-state index contributed by atoms with van der Waals surface area (Å²) in [5, 5.41) is 12.0. The third-order valence-electron chi connectivity index (χ3n) is 3.06. The van der Waals surface area contributed by atoms with Gasteiger partial charge in [-0.3, -0.25) is 0 Å². The van der Waals surface area contributed by atoms with Crippen LogP contribution in [0.2, 0.25) is 0 Å². The fourth-order valence-electron chi connectivity index (χ4n) is 2.06. The maximum absolute atomic E-state index is 9.96. The highest BCUT2D eigenvalue weighted by Gasteiger charge is 2.05. The summed E-state index contributed by atoms with van der Waals surface area (Å²) >= 11 is 0. The topological polar surface area (TPSA) is 29.5 Å². The Balaban J connectivity index is 1.86. The van der Waals surface area contributed by atoms with Gasteiger partial charge in [-0.25, -0.2) is 0 Å². The van der Waals surface area contributed by atoms with Crippen molar-refractivity contribution in [2.75, 3.05) is 0 Å². The zero-order valence-electron chi connectivity index (χ0n) is 10.4. The van der Waals surface area contributed by atoms with Crippen LogP contribution in [0.3, 0.4) is 0 Å². The molecule has 2 heteroatoms. The van der Waals surface area contributed by atoms with Crippen LogP contribution in [0.5, 0.6) is 11.5 Å². The summed E-state index contributed by atoms with van der Waals surface area (Å²) in [5.74, 6) is 0.692. The van der Waals surface area contributed by atoms with Crippen LogP contribution in [0.1, 0.15) is 5.56 Å². The van der Waals surface area contributed by atoms with E-state index in [1.807, 2.05) is 60.7 Å². The molecule has 3 aromatic carbocycles. The number of phenols is 1. The Kier molecular flexibility index (Phi) is 3.07. The van der Waals surface area contributed by atoms with Gasteiger partial charge in [0.2, 0.25) is 0 Å². The van der Waals surface area contributed by atoms with Crippen molar-refractivity contribution in [1.29, 1.82) is 0 Å². The lowest BCUT2D eigenvalue weighted by atomic mass is 10.1. The average molecular weight is 250 g/mol. The van der Waals surface area contributed by atoms with Crippen LogP contribution >= 0.6 is 0 Å². The summed E-state index contributed by atoms with van der Waals surface area (Å²) in [7, 11) is 0. The van der Waals surface area contributed by atoms with Crippen molar-refractivity contribution < 1.29 is 9.84 Å². The molecule has 1 N–H and O–H groups in total. The van der Waals surface area contributed by atoms with E-state index in [9.17, 15) is 5.11 Å². The predicted molar refractivity (Wildman–Crippen MR) is 76.4 cm³/mol. The van der Waals surface area contributed by atoms with Crippen molar-refractivity contribution in [3.63, 3.8) is 0 Å². The van der Waals surface area contributed by atoms with E-state index in [1.54, 1.807) is 6.07 Å². The molecule has 0 aliphatic rings. The van der Waals surface area contributed by atoms with Gasteiger partial charge in [-0.15, -0.1) is 0 Å². The number of aromatic hydroxyl groups is 1. The second-order valence-corrected chi connectivity index (χ2v) is 4.44. The fourth-order valence-corrected chi connectivity index (χ4v) is 2.06. The van der Waals surface area contributed by atoms with Crippen molar-refractivity contribution in [3.05, 3.63) is 72.3 Å². The number of fused-ring (bicyclic) bond motifs is 1. The molecule has 0 aliphatic heterocycles. The molecule has 0 aromatic heterocycles. The maximum atomic E-state index is 9.96. The highest BCUT2D eigenvalue weighted by molar-refractivity contribution is 5.85. The lowest BCUT2D eigenvalue weighted by Crippen LogP contribution is -1.95. The van der Waals surface area contributed by atoms with E-state index in [-0.39, 0.29) is 5.75 Å². The van der Waals surface area contributed by atoms with E-state index in [0.29, 0.717) is 12.4 Å². The molecule has 19 heavy (non-hydrogen) atoms. The zero-order chi connectivity index (χ0) is 13.1. The highest BCUT2D eigenvalue weighted by Crippen LogP contribution is 2.31.